The van der Waals surface area contributed by atoms with E-state index < -0.39 is 0 Å². The molecule has 0 amide bonds. The van der Waals surface area contributed by atoms with Gasteiger partial charge in [-0.2, -0.15) is 0 Å². The smallest absolute Gasteiger partial charge is 0.161 e. The van der Waals surface area contributed by atoms with Gasteiger partial charge < -0.3 is 5.32 Å². The zero-order valence-electron chi connectivity index (χ0n) is 9.12. The van der Waals surface area contributed by atoms with Crippen LogP contribution in [0.15, 0.2) is 29.3 Å². The second-order valence-electron chi connectivity index (χ2n) is 3.30. The van der Waals surface area contributed by atoms with Crippen LogP contribution >= 0.6 is 23.4 Å². The van der Waals surface area contributed by atoms with Crippen molar-refractivity contribution < 1.29 is 0 Å². The van der Waals surface area contributed by atoms with Gasteiger partial charge in [-0.1, -0.05) is 49.3 Å². The number of para-hydroxylation sites is 1. The van der Waals surface area contributed by atoms with Crippen molar-refractivity contribution in [3.05, 3.63) is 29.3 Å². The number of thioether (sulfide) groups is 1. The van der Waals surface area contributed by atoms with E-state index >= 15 is 0 Å². The molecule has 1 aromatic carbocycles. The summed E-state index contributed by atoms with van der Waals surface area (Å²) in [7, 11) is 1.77. The minimum Gasteiger partial charge on any atom is -0.334 e. The van der Waals surface area contributed by atoms with Crippen molar-refractivity contribution in [1.29, 1.82) is 0 Å². The molecule has 15 heavy (non-hydrogen) atoms. The Balaban J connectivity index is 2.72. The molecule has 0 unspecified atom stereocenters. The van der Waals surface area contributed by atoms with Gasteiger partial charge in [-0.25, -0.2) is 0 Å². The Morgan fingerprint density at radius 2 is 2.07 bits per heavy atom. The number of amidine groups is 1. The van der Waals surface area contributed by atoms with Crippen LogP contribution in [0.1, 0.15) is 13.8 Å². The summed E-state index contributed by atoms with van der Waals surface area (Å²) in [6.45, 7) is 4.26. The highest BCUT2D eigenvalue weighted by Crippen LogP contribution is 2.23. The van der Waals surface area contributed by atoms with E-state index in [0.717, 1.165) is 10.9 Å². The molecule has 0 aliphatic carbocycles. The van der Waals surface area contributed by atoms with E-state index in [1.807, 2.05) is 24.3 Å². The molecule has 0 fully saturated rings. The number of nitrogens with one attached hydrogen (secondary N) is 1. The van der Waals surface area contributed by atoms with Crippen LogP contribution in [0, 0.1) is 0 Å². The fraction of sp³-hybridized carbons (Fsp3) is 0.364. The first-order valence-electron chi connectivity index (χ1n) is 4.78. The molecule has 1 N–H and O–H groups in total. The van der Waals surface area contributed by atoms with Gasteiger partial charge in [0.1, 0.15) is 0 Å². The molecule has 0 aromatic heterocycles. The molecular weight excluding hydrogens is 228 g/mol. The molecule has 0 spiro atoms. The van der Waals surface area contributed by atoms with Crippen molar-refractivity contribution in [3.63, 3.8) is 0 Å². The number of halogens is 1. The zero-order chi connectivity index (χ0) is 11.3. The molecule has 0 saturated heterocycles. The highest BCUT2D eigenvalue weighted by atomic mass is 35.5. The number of hydrogen-bond donors (Lipinski definition) is 1. The first kappa shape index (κ1) is 12.4. The van der Waals surface area contributed by atoms with Gasteiger partial charge in [0.15, 0.2) is 5.17 Å². The Labute approximate surface area is 100 Å². The average molecular weight is 243 g/mol. The molecule has 0 radical (unpaired) electrons. The first-order valence-corrected chi connectivity index (χ1v) is 6.04. The molecule has 4 heteroatoms. The second-order valence-corrected chi connectivity index (χ2v) is 5.27. The number of nitrogens with zero attached hydrogens (tertiary/aromatic N) is 1. The van der Waals surface area contributed by atoms with Crippen LogP contribution in [0.4, 0.5) is 5.69 Å². The lowest BCUT2D eigenvalue weighted by atomic mass is 10.3. The van der Waals surface area contributed by atoms with Gasteiger partial charge in [0.25, 0.3) is 0 Å². The van der Waals surface area contributed by atoms with Crippen LogP contribution in [-0.4, -0.2) is 17.5 Å². The number of hydrogen-bond acceptors (Lipinski definition) is 2. The molecule has 2 nitrogen and oxygen atoms in total. The Morgan fingerprint density at radius 3 is 2.60 bits per heavy atom. The number of rotatable bonds is 2. The maximum Gasteiger partial charge on any atom is 0.161 e. The van der Waals surface area contributed by atoms with E-state index in [1.54, 1.807) is 18.8 Å². The Hall–Kier alpha value is -0.670. The van der Waals surface area contributed by atoms with Gasteiger partial charge >= 0.3 is 0 Å². The molecule has 82 valence electrons. The Kier molecular flexibility index (Phi) is 4.99. The van der Waals surface area contributed by atoms with E-state index in [2.05, 4.69) is 24.2 Å². The Morgan fingerprint density at radius 1 is 1.40 bits per heavy atom. The van der Waals surface area contributed by atoms with Crippen molar-refractivity contribution in [2.24, 2.45) is 4.99 Å². The number of benzene rings is 1. The van der Waals surface area contributed by atoms with E-state index in [-0.39, 0.29) is 0 Å². The van der Waals surface area contributed by atoms with Crippen LogP contribution in [0.3, 0.4) is 0 Å². The SMILES string of the molecule is CN=C(Nc1ccccc1Cl)SC(C)C. The molecule has 0 bridgehead atoms. The third kappa shape index (κ3) is 4.14. The predicted molar refractivity (Wildman–Crippen MR) is 71.2 cm³/mol. The molecule has 0 aliphatic rings. The largest absolute Gasteiger partial charge is 0.334 e. The molecule has 0 atom stereocenters. The molecule has 0 saturated carbocycles. The third-order valence-corrected chi connectivity index (χ3v) is 2.97. The van der Waals surface area contributed by atoms with Gasteiger partial charge in [0.05, 0.1) is 10.7 Å². The summed E-state index contributed by atoms with van der Waals surface area (Å²) in [5.74, 6) is 0. The molecule has 1 aromatic rings. The van der Waals surface area contributed by atoms with Crippen LogP contribution in [0.5, 0.6) is 0 Å². The minimum absolute atomic E-state index is 0.499. The van der Waals surface area contributed by atoms with Crippen LogP contribution in [0.25, 0.3) is 0 Å². The summed E-state index contributed by atoms with van der Waals surface area (Å²) in [6, 6.07) is 7.65. The summed E-state index contributed by atoms with van der Waals surface area (Å²) < 4.78 is 0. The standard InChI is InChI=1S/C11H15ClN2S/c1-8(2)15-11(13-3)14-10-7-5-4-6-9(10)12/h4-8H,1-3H3,(H,13,14). The van der Waals surface area contributed by atoms with Crippen molar-refractivity contribution in [1.82, 2.24) is 0 Å². The summed E-state index contributed by atoms with van der Waals surface area (Å²) in [6.07, 6.45) is 0. The topological polar surface area (TPSA) is 24.4 Å². The molecule has 0 aliphatic heterocycles. The van der Waals surface area contributed by atoms with Crippen molar-refractivity contribution in [2.45, 2.75) is 19.1 Å². The minimum atomic E-state index is 0.499. The van der Waals surface area contributed by atoms with Crippen LogP contribution in [-0.2, 0) is 0 Å². The monoisotopic (exact) mass is 242 g/mol. The van der Waals surface area contributed by atoms with Crippen molar-refractivity contribution in [3.8, 4) is 0 Å². The normalized spacial score (nSPS) is 11.9. The molecule has 1 rings (SSSR count). The van der Waals surface area contributed by atoms with Crippen LogP contribution < -0.4 is 5.32 Å². The summed E-state index contributed by atoms with van der Waals surface area (Å²) in [5, 5.41) is 5.31. The maximum absolute atomic E-state index is 6.04. The predicted octanol–water partition coefficient (Wildman–Crippen LogP) is 3.88. The fourth-order valence-electron chi connectivity index (χ4n) is 1.04. The van der Waals surface area contributed by atoms with Crippen molar-refractivity contribution >= 4 is 34.2 Å². The first-order chi connectivity index (χ1) is 7.13. The zero-order valence-corrected chi connectivity index (χ0v) is 10.7. The van der Waals surface area contributed by atoms with E-state index in [9.17, 15) is 0 Å². The average Bonchev–Trinajstić information content (AvgIpc) is 2.19. The summed E-state index contributed by atoms with van der Waals surface area (Å²) >= 11 is 7.72. The quantitative estimate of drug-likeness (QED) is 0.629. The van der Waals surface area contributed by atoms with Crippen molar-refractivity contribution in [2.75, 3.05) is 12.4 Å². The highest BCUT2D eigenvalue weighted by molar-refractivity contribution is 8.14. The Bertz CT molecular complexity index is 350. The van der Waals surface area contributed by atoms with Gasteiger partial charge in [-0.05, 0) is 12.1 Å². The van der Waals surface area contributed by atoms with Gasteiger partial charge in [0, 0.05) is 12.3 Å². The third-order valence-electron chi connectivity index (χ3n) is 1.67. The van der Waals surface area contributed by atoms with Gasteiger partial charge in [0.2, 0.25) is 0 Å². The summed E-state index contributed by atoms with van der Waals surface area (Å²) in [5.41, 5.74) is 0.896. The second kappa shape index (κ2) is 6.03. The fourth-order valence-corrected chi connectivity index (χ4v) is 1.94. The van der Waals surface area contributed by atoms with Crippen LogP contribution in [0.2, 0.25) is 5.02 Å². The number of aliphatic imine (C=N–C) groups is 1. The lowest BCUT2D eigenvalue weighted by Crippen LogP contribution is -2.10. The lowest BCUT2D eigenvalue weighted by Gasteiger charge is -2.11. The number of anilines is 1. The van der Waals surface area contributed by atoms with E-state index in [0.29, 0.717) is 10.3 Å². The lowest BCUT2D eigenvalue weighted by molar-refractivity contribution is 1.12. The molecule has 0 heterocycles. The van der Waals surface area contributed by atoms with E-state index in [1.165, 1.54) is 0 Å². The summed E-state index contributed by atoms with van der Waals surface area (Å²) in [4.78, 5) is 4.17. The van der Waals surface area contributed by atoms with Gasteiger partial charge in [-0.15, -0.1) is 0 Å². The van der Waals surface area contributed by atoms with E-state index in [4.69, 9.17) is 11.6 Å². The maximum atomic E-state index is 6.04. The van der Waals surface area contributed by atoms with Gasteiger partial charge in [-0.3, -0.25) is 4.99 Å². The molecular formula is C11H15ClN2S. The highest BCUT2D eigenvalue weighted by Gasteiger charge is 2.05.